The summed E-state index contributed by atoms with van der Waals surface area (Å²) in [6.07, 6.45) is 1.97. The Morgan fingerprint density at radius 1 is 1.50 bits per heavy atom. The number of halogens is 3. The minimum atomic E-state index is 0. The SMILES string of the molecule is Cl.N[C@@H]1CCCN(C(=O)c2ccc(I)c(Cl)c2)C1. The average molecular weight is 401 g/mol. The third kappa shape index (κ3) is 3.73. The van der Waals surface area contributed by atoms with Crippen molar-refractivity contribution in [2.24, 2.45) is 5.73 Å². The molecule has 2 rings (SSSR count). The number of nitrogens with two attached hydrogens (primary N) is 1. The van der Waals surface area contributed by atoms with E-state index in [1.165, 1.54) is 0 Å². The first-order valence-electron chi connectivity index (χ1n) is 5.58. The van der Waals surface area contributed by atoms with Crippen molar-refractivity contribution in [2.75, 3.05) is 13.1 Å². The van der Waals surface area contributed by atoms with Gasteiger partial charge in [0.25, 0.3) is 5.91 Å². The molecule has 1 aliphatic heterocycles. The lowest BCUT2D eigenvalue weighted by atomic mass is 10.1. The second kappa shape index (κ2) is 6.93. The lowest BCUT2D eigenvalue weighted by Crippen LogP contribution is -2.45. The van der Waals surface area contributed by atoms with Crippen molar-refractivity contribution in [2.45, 2.75) is 18.9 Å². The fraction of sp³-hybridized carbons (Fsp3) is 0.417. The molecule has 6 heteroatoms. The van der Waals surface area contributed by atoms with E-state index in [4.69, 9.17) is 17.3 Å². The molecule has 0 bridgehead atoms. The van der Waals surface area contributed by atoms with Crippen LogP contribution in [0, 0.1) is 3.57 Å². The Labute approximate surface area is 132 Å². The molecule has 0 unspecified atom stereocenters. The van der Waals surface area contributed by atoms with Crippen LogP contribution in [0.3, 0.4) is 0 Å². The number of hydrogen-bond donors (Lipinski definition) is 1. The maximum atomic E-state index is 12.2. The van der Waals surface area contributed by atoms with Crippen molar-refractivity contribution in [1.82, 2.24) is 4.90 Å². The molecule has 0 saturated carbocycles. The molecule has 2 N–H and O–H groups in total. The number of amides is 1. The van der Waals surface area contributed by atoms with E-state index in [-0.39, 0.29) is 24.4 Å². The standard InChI is InChI=1S/C12H14ClIN2O.ClH/c13-10-6-8(3-4-11(10)14)12(17)16-5-1-2-9(15)7-16;/h3-4,6,9H,1-2,5,7,15H2;1H/t9-;/m1./s1. The van der Waals surface area contributed by atoms with Gasteiger partial charge in [-0.05, 0) is 53.6 Å². The van der Waals surface area contributed by atoms with Gasteiger partial charge < -0.3 is 10.6 Å². The number of benzene rings is 1. The van der Waals surface area contributed by atoms with Crippen molar-refractivity contribution in [3.8, 4) is 0 Å². The summed E-state index contributed by atoms with van der Waals surface area (Å²) in [5.41, 5.74) is 6.52. The van der Waals surface area contributed by atoms with Gasteiger partial charge in [0, 0.05) is 28.3 Å². The van der Waals surface area contributed by atoms with Crippen LogP contribution in [0.1, 0.15) is 23.2 Å². The molecule has 0 aromatic heterocycles. The summed E-state index contributed by atoms with van der Waals surface area (Å²) in [5.74, 6) is 0.0263. The fourth-order valence-corrected chi connectivity index (χ4v) is 2.52. The molecule has 100 valence electrons. The first kappa shape index (κ1) is 16.0. The number of likely N-dealkylation sites (tertiary alicyclic amines) is 1. The Morgan fingerprint density at radius 2 is 2.22 bits per heavy atom. The molecule has 0 spiro atoms. The van der Waals surface area contributed by atoms with Crippen molar-refractivity contribution in [1.29, 1.82) is 0 Å². The number of hydrogen-bond acceptors (Lipinski definition) is 2. The maximum absolute atomic E-state index is 12.2. The van der Waals surface area contributed by atoms with Crippen LogP contribution in [-0.4, -0.2) is 29.9 Å². The van der Waals surface area contributed by atoms with Crippen LogP contribution in [-0.2, 0) is 0 Å². The van der Waals surface area contributed by atoms with Gasteiger partial charge in [0.05, 0.1) is 5.02 Å². The highest BCUT2D eigenvalue weighted by Crippen LogP contribution is 2.21. The lowest BCUT2D eigenvalue weighted by molar-refractivity contribution is 0.0709. The van der Waals surface area contributed by atoms with Crippen LogP contribution < -0.4 is 5.73 Å². The molecule has 1 fully saturated rings. The second-order valence-electron chi connectivity index (χ2n) is 4.28. The van der Waals surface area contributed by atoms with E-state index in [0.29, 0.717) is 17.1 Å². The van der Waals surface area contributed by atoms with E-state index < -0.39 is 0 Å². The van der Waals surface area contributed by atoms with Crippen LogP contribution in [0.2, 0.25) is 5.02 Å². The molecular weight excluding hydrogens is 386 g/mol. The second-order valence-corrected chi connectivity index (χ2v) is 5.85. The Hall–Kier alpha value is -0.0400. The molecular formula is C12H15Cl2IN2O. The van der Waals surface area contributed by atoms with Crippen LogP contribution in [0.25, 0.3) is 0 Å². The Balaban J connectivity index is 0.00000162. The van der Waals surface area contributed by atoms with Crippen molar-refractivity contribution >= 4 is 52.5 Å². The third-order valence-corrected chi connectivity index (χ3v) is 4.48. The van der Waals surface area contributed by atoms with Gasteiger partial charge in [-0.25, -0.2) is 0 Å². The summed E-state index contributed by atoms with van der Waals surface area (Å²) in [5, 5.41) is 0.623. The molecule has 0 radical (unpaired) electrons. The number of rotatable bonds is 1. The lowest BCUT2D eigenvalue weighted by Gasteiger charge is -2.30. The van der Waals surface area contributed by atoms with Crippen LogP contribution >= 0.6 is 46.6 Å². The highest BCUT2D eigenvalue weighted by atomic mass is 127. The van der Waals surface area contributed by atoms with Crippen molar-refractivity contribution in [3.05, 3.63) is 32.4 Å². The minimum absolute atomic E-state index is 0. The van der Waals surface area contributed by atoms with E-state index in [0.717, 1.165) is 23.0 Å². The Bertz CT molecular complexity index is 442. The summed E-state index contributed by atoms with van der Waals surface area (Å²) >= 11 is 8.17. The Morgan fingerprint density at radius 3 is 2.83 bits per heavy atom. The molecule has 0 aliphatic carbocycles. The zero-order valence-electron chi connectivity index (χ0n) is 9.73. The summed E-state index contributed by atoms with van der Waals surface area (Å²) in [6.45, 7) is 1.43. The van der Waals surface area contributed by atoms with Gasteiger partial charge in [-0.3, -0.25) is 4.79 Å². The van der Waals surface area contributed by atoms with Gasteiger partial charge in [-0.2, -0.15) is 0 Å². The molecule has 1 aliphatic rings. The van der Waals surface area contributed by atoms with Gasteiger partial charge in [0.1, 0.15) is 0 Å². The predicted molar refractivity (Wildman–Crippen MR) is 84.5 cm³/mol. The van der Waals surface area contributed by atoms with Gasteiger partial charge in [0.15, 0.2) is 0 Å². The van der Waals surface area contributed by atoms with Crippen molar-refractivity contribution < 1.29 is 4.79 Å². The molecule has 1 atom stereocenters. The number of piperidine rings is 1. The summed E-state index contributed by atoms with van der Waals surface area (Å²) in [7, 11) is 0. The van der Waals surface area contributed by atoms with Gasteiger partial charge in [-0.1, -0.05) is 11.6 Å². The number of nitrogens with zero attached hydrogens (tertiary/aromatic N) is 1. The van der Waals surface area contributed by atoms with Gasteiger partial charge in [-0.15, -0.1) is 12.4 Å². The first-order valence-corrected chi connectivity index (χ1v) is 7.03. The molecule has 18 heavy (non-hydrogen) atoms. The monoisotopic (exact) mass is 400 g/mol. The zero-order chi connectivity index (χ0) is 12.4. The van der Waals surface area contributed by atoms with E-state index in [1.54, 1.807) is 6.07 Å². The number of carbonyl (C=O) groups is 1. The number of carbonyl (C=O) groups excluding carboxylic acids is 1. The topological polar surface area (TPSA) is 46.3 Å². The molecule has 1 aromatic rings. The molecule has 1 aromatic carbocycles. The average Bonchev–Trinajstić information content (AvgIpc) is 2.32. The Kier molecular flexibility index (Phi) is 6.17. The highest BCUT2D eigenvalue weighted by Gasteiger charge is 2.22. The van der Waals surface area contributed by atoms with Gasteiger partial charge >= 0.3 is 0 Å². The quantitative estimate of drug-likeness (QED) is 0.736. The minimum Gasteiger partial charge on any atom is -0.337 e. The van der Waals surface area contributed by atoms with Crippen LogP contribution in [0.5, 0.6) is 0 Å². The smallest absolute Gasteiger partial charge is 0.253 e. The molecule has 1 amide bonds. The van der Waals surface area contributed by atoms with Crippen molar-refractivity contribution in [3.63, 3.8) is 0 Å². The summed E-state index contributed by atoms with van der Waals surface area (Å²) in [4.78, 5) is 14.0. The fourth-order valence-electron chi connectivity index (χ4n) is 2.01. The highest BCUT2D eigenvalue weighted by molar-refractivity contribution is 14.1. The predicted octanol–water partition coefficient (Wildman–Crippen LogP) is 2.93. The van der Waals surface area contributed by atoms with E-state index in [1.807, 2.05) is 17.0 Å². The maximum Gasteiger partial charge on any atom is 0.253 e. The van der Waals surface area contributed by atoms with E-state index in [9.17, 15) is 4.79 Å². The summed E-state index contributed by atoms with van der Waals surface area (Å²) < 4.78 is 0.955. The van der Waals surface area contributed by atoms with Gasteiger partial charge in [0.2, 0.25) is 0 Å². The van der Waals surface area contributed by atoms with Crippen LogP contribution in [0.15, 0.2) is 18.2 Å². The zero-order valence-corrected chi connectivity index (χ0v) is 13.5. The van der Waals surface area contributed by atoms with Crippen LogP contribution in [0.4, 0.5) is 0 Å². The first-order chi connectivity index (χ1) is 8.08. The molecule has 3 nitrogen and oxygen atoms in total. The molecule has 1 saturated heterocycles. The molecule has 1 heterocycles. The largest absolute Gasteiger partial charge is 0.337 e. The summed E-state index contributed by atoms with van der Waals surface area (Å²) in [6, 6.07) is 5.51. The van der Waals surface area contributed by atoms with E-state index >= 15 is 0 Å². The van der Waals surface area contributed by atoms with E-state index in [2.05, 4.69) is 22.6 Å². The third-order valence-electron chi connectivity index (χ3n) is 2.91. The normalized spacial score (nSPS) is 19.3.